The van der Waals surface area contributed by atoms with Gasteiger partial charge in [-0.05, 0) is 37.0 Å². The van der Waals surface area contributed by atoms with Gasteiger partial charge in [-0.3, -0.25) is 4.68 Å². The van der Waals surface area contributed by atoms with E-state index >= 15 is 0 Å². The zero-order chi connectivity index (χ0) is 18.4. The standard InChI is InChI=1S/C20H22N6S/c1-25(20-15-6-7-21-19(15)22-12-23-20)14-8-13(9-14)11-27-18-5-3-4-17-16(18)10-24-26(17)2/h3-7,10,12-14H,8-9,11H2,1-2H3,(H,21,22,23). The van der Waals surface area contributed by atoms with Crippen LogP contribution in [0.25, 0.3) is 21.9 Å². The van der Waals surface area contributed by atoms with Crippen molar-refractivity contribution < 1.29 is 0 Å². The maximum atomic E-state index is 4.52. The predicted octanol–water partition coefficient (Wildman–Crippen LogP) is 3.85. The molecule has 1 fully saturated rings. The van der Waals surface area contributed by atoms with Gasteiger partial charge in [0.1, 0.15) is 17.8 Å². The number of hydrogen-bond acceptors (Lipinski definition) is 5. The molecule has 0 spiro atoms. The van der Waals surface area contributed by atoms with E-state index in [-0.39, 0.29) is 0 Å². The Balaban J connectivity index is 1.23. The Kier molecular flexibility index (Phi) is 4.04. The minimum Gasteiger partial charge on any atom is -0.356 e. The first kappa shape index (κ1) is 16.6. The molecule has 1 saturated carbocycles. The van der Waals surface area contributed by atoms with Gasteiger partial charge in [-0.1, -0.05) is 6.07 Å². The largest absolute Gasteiger partial charge is 0.356 e. The van der Waals surface area contributed by atoms with E-state index < -0.39 is 0 Å². The molecule has 6 nitrogen and oxygen atoms in total. The molecular formula is C20H22N6S. The molecule has 1 aromatic carbocycles. The average molecular weight is 379 g/mol. The lowest BCUT2D eigenvalue weighted by atomic mass is 9.81. The summed E-state index contributed by atoms with van der Waals surface area (Å²) in [6.07, 6.45) is 7.97. The van der Waals surface area contributed by atoms with Crippen LogP contribution in [-0.4, -0.2) is 43.6 Å². The van der Waals surface area contributed by atoms with Gasteiger partial charge < -0.3 is 9.88 Å². The van der Waals surface area contributed by atoms with Crippen LogP contribution in [0.5, 0.6) is 0 Å². The van der Waals surface area contributed by atoms with Crippen LogP contribution in [-0.2, 0) is 7.05 Å². The van der Waals surface area contributed by atoms with Crippen LogP contribution < -0.4 is 4.90 Å². The first-order valence-corrected chi connectivity index (χ1v) is 10.2. The number of hydrogen-bond donors (Lipinski definition) is 1. The van der Waals surface area contributed by atoms with Gasteiger partial charge in [0.25, 0.3) is 0 Å². The maximum absolute atomic E-state index is 4.52. The number of rotatable bonds is 5. The van der Waals surface area contributed by atoms with Gasteiger partial charge >= 0.3 is 0 Å². The zero-order valence-corrected chi connectivity index (χ0v) is 16.3. The molecule has 0 atom stereocenters. The quantitative estimate of drug-likeness (QED) is 0.535. The zero-order valence-electron chi connectivity index (χ0n) is 15.5. The van der Waals surface area contributed by atoms with Crippen LogP contribution >= 0.6 is 11.8 Å². The lowest BCUT2D eigenvalue weighted by Crippen LogP contribution is -2.43. The molecule has 7 heteroatoms. The van der Waals surface area contributed by atoms with Crippen LogP contribution in [0.4, 0.5) is 5.82 Å². The Hall–Kier alpha value is -2.54. The molecule has 3 heterocycles. The molecule has 0 bridgehead atoms. The van der Waals surface area contributed by atoms with Gasteiger partial charge in [0, 0.05) is 42.4 Å². The third-order valence-corrected chi connectivity index (χ3v) is 6.96. The van der Waals surface area contributed by atoms with Crippen molar-refractivity contribution in [3.8, 4) is 0 Å². The van der Waals surface area contributed by atoms with E-state index in [1.54, 1.807) is 6.33 Å². The molecule has 0 aliphatic heterocycles. The second-order valence-corrected chi connectivity index (χ2v) is 8.37. The van der Waals surface area contributed by atoms with E-state index in [1.165, 1.54) is 28.6 Å². The van der Waals surface area contributed by atoms with Crippen molar-refractivity contribution in [2.45, 2.75) is 23.8 Å². The fourth-order valence-electron chi connectivity index (χ4n) is 3.95. The van der Waals surface area contributed by atoms with Gasteiger partial charge in [-0.25, -0.2) is 9.97 Å². The molecule has 138 valence electrons. The number of anilines is 1. The molecule has 5 rings (SSSR count). The summed E-state index contributed by atoms with van der Waals surface area (Å²) in [6.45, 7) is 0. The van der Waals surface area contributed by atoms with Gasteiger partial charge in [0.15, 0.2) is 0 Å². The summed E-state index contributed by atoms with van der Waals surface area (Å²) in [6, 6.07) is 9.07. The van der Waals surface area contributed by atoms with E-state index in [9.17, 15) is 0 Å². The fraction of sp³-hybridized carbons (Fsp3) is 0.350. The molecule has 4 aromatic rings. The minimum atomic E-state index is 0.554. The molecule has 0 radical (unpaired) electrons. The number of nitrogens with one attached hydrogen (secondary N) is 1. The second kappa shape index (κ2) is 6.56. The fourth-order valence-corrected chi connectivity index (χ4v) is 5.12. The van der Waals surface area contributed by atoms with Crippen molar-refractivity contribution in [1.29, 1.82) is 0 Å². The van der Waals surface area contributed by atoms with Gasteiger partial charge in [0.05, 0.1) is 17.1 Å². The summed E-state index contributed by atoms with van der Waals surface area (Å²) in [5, 5.41) is 6.75. The van der Waals surface area contributed by atoms with E-state index in [4.69, 9.17) is 0 Å². The molecule has 1 N–H and O–H groups in total. The van der Waals surface area contributed by atoms with Gasteiger partial charge in [-0.15, -0.1) is 11.8 Å². The van der Waals surface area contributed by atoms with Crippen LogP contribution in [0.3, 0.4) is 0 Å². The van der Waals surface area contributed by atoms with Crippen LogP contribution in [0, 0.1) is 5.92 Å². The summed E-state index contributed by atoms with van der Waals surface area (Å²) in [5.41, 5.74) is 2.10. The Morgan fingerprint density at radius 2 is 2.11 bits per heavy atom. The highest BCUT2D eigenvalue weighted by atomic mass is 32.2. The first-order valence-electron chi connectivity index (χ1n) is 9.25. The maximum Gasteiger partial charge on any atom is 0.142 e. The number of fused-ring (bicyclic) bond motifs is 2. The first-order chi connectivity index (χ1) is 13.2. The van der Waals surface area contributed by atoms with Crippen molar-refractivity contribution in [2.75, 3.05) is 17.7 Å². The van der Waals surface area contributed by atoms with E-state index in [2.05, 4.69) is 56.3 Å². The minimum absolute atomic E-state index is 0.554. The summed E-state index contributed by atoms with van der Waals surface area (Å²) in [5.74, 6) is 2.93. The Morgan fingerprint density at radius 3 is 3.00 bits per heavy atom. The summed E-state index contributed by atoms with van der Waals surface area (Å²) >= 11 is 1.96. The molecule has 27 heavy (non-hydrogen) atoms. The number of aromatic amines is 1. The molecule has 1 aliphatic carbocycles. The normalized spacial score (nSPS) is 19.5. The lowest BCUT2D eigenvalue weighted by molar-refractivity contribution is 0.286. The SMILES string of the molecule is CN(c1ncnc2[nH]ccc12)C1CC(CSc2cccc3c2cnn3C)C1. The van der Waals surface area contributed by atoms with Crippen molar-refractivity contribution in [1.82, 2.24) is 24.7 Å². The van der Waals surface area contributed by atoms with Crippen molar-refractivity contribution in [3.63, 3.8) is 0 Å². The number of thioether (sulfide) groups is 1. The van der Waals surface area contributed by atoms with Gasteiger partial charge in [-0.2, -0.15) is 5.10 Å². The number of aromatic nitrogens is 5. The van der Waals surface area contributed by atoms with Crippen LogP contribution in [0.15, 0.2) is 47.9 Å². The van der Waals surface area contributed by atoms with E-state index in [0.717, 1.165) is 28.5 Å². The van der Waals surface area contributed by atoms with Gasteiger partial charge in [0.2, 0.25) is 0 Å². The van der Waals surface area contributed by atoms with Crippen LogP contribution in [0.1, 0.15) is 12.8 Å². The Labute approximate surface area is 162 Å². The number of benzene rings is 1. The highest BCUT2D eigenvalue weighted by Crippen LogP contribution is 2.39. The third kappa shape index (κ3) is 2.86. The molecule has 1 aliphatic rings. The number of H-pyrrole nitrogens is 1. The second-order valence-electron chi connectivity index (χ2n) is 7.31. The van der Waals surface area contributed by atoms with E-state index in [1.807, 2.05) is 35.9 Å². The monoisotopic (exact) mass is 378 g/mol. The van der Waals surface area contributed by atoms with Crippen molar-refractivity contribution in [2.24, 2.45) is 13.0 Å². The van der Waals surface area contributed by atoms with Crippen molar-refractivity contribution in [3.05, 3.63) is 43.0 Å². The Bertz CT molecular complexity index is 1090. The summed E-state index contributed by atoms with van der Waals surface area (Å²) < 4.78 is 1.94. The molecule has 0 saturated heterocycles. The molecule has 3 aromatic heterocycles. The van der Waals surface area contributed by atoms with Crippen molar-refractivity contribution >= 4 is 39.5 Å². The highest BCUT2D eigenvalue weighted by molar-refractivity contribution is 7.99. The summed E-state index contributed by atoms with van der Waals surface area (Å²) in [7, 11) is 4.15. The molecule has 0 amide bonds. The average Bonchev–Trinajstić information content (AvgIpc) is 3.27. The smallest absolute Gasteiger partial charge is 0.142 e. The lowest BCUT2D eigenvalue weighted by Gasteiger charge is -2.41. The molecular weight excluding hydrogens is 356 g/mol. The summed E-state index contributed by atoms with van der Waals surface area (Å²) in [4.78, 5) is 15.6. The Morgan fingerprint density at radius 1 is 1.22 bits per heavy atom. The van der Waals surface area contributed by atoms with Crippen LogP contribution in [0.2, 0.25) is 0 Å². The number of nitrogens with zero attached hydrogens (tertiary/aromatic N) is 5. The molecule has 0 unspecified atom stereocenters. The predicted molar refractivity (Wildman–Crippen MR) is 110 cm³/mol. The highest BCUT2D eigenvalue weighted by Gasteiger charge is 2.33. The third-order valence-electron chi connectivity index (χ3n) is 5.65. The number of aryl methyl sites for hydroxylation is 1. The topological polar surface area (TPSA) is 62.6 Å². The van der Waals surface area contributed by atoms with E-state index in [0.29, 0.717) is 6.04 Å².